The highest BCUT2D eigenvalue weighted by atomic mass is 35.5. The van der Waals surface area contributed by atoms with Crippen molar-refractivity contribution in [1.82, 2.24) is 4.90 Å². The predicted octanol–water partition coefficient (Wildman–Crippen LogP) is 3.63. The van der Waals surface area contributed by atoms with E-state index in [1.165, 1.54) is 6.07 Å². The Morgan fingerprint density at radius 1 is 0.952 bits per heavy atom. The van der Waals surface area contributed by atoms with Gasteiger partial charge in [0.2, 0.25) is 0 Å². The molecular weight excluding hydrogens is 313 g/mol. The number of nitrogens with zero attached hydrogens (tertiary/aromatic N) is 1. The molecule has 1 aliphatic heterocycles. The van der Waals surface area contributed by atoms with Gasteiger partial charge in [0.05, 0.1) is 16.1 Å². The Morgan fingerprint density at radius 3 is 2.14 bits per heavy atom. The van der Waals surface area contributed by atoms with E-state index in [0.29, 0.717) is 26.9 Å². The Hall–Kier alpha value is -2.04. The predicted molar refractivity (Wildman–Crippen MR) is 78.9 cm³/mol. The van der Waals surface area contributed by atoms with Gasteiger partial charge >= 0.3 is 0 Å². The molecule has 2 aromatic carbocycles. The minimum Gasteiger partial charge on any atom is -0.471 e. The first kappa shape index (κ1) is 13.9. The van der Waals surface area contributed by atoms with E-state index in [0.717, 1.165) is 4.90 Å². The van der Waals surface area contributed by atoms with Crippen LogP contribution in [-0.2, 0) is 0 Å². The number of fused-ring (bicyclic) bond motifs is 1. The molecule has 0 saturated heterocycles. The molecule has 4 nitrogen and oxygen atoms in total. The minimum atomic E-state index is -0.374. The lowest BCUT2D eigenvalue weighted by molar-refractivity contribution is 0.0522. The number of rotatable bonds is 3. The first-order valence-corrected chi connectivity index (χ1v) is 6.86. The Morgan fingerprint density at radius 2 is 1.57 bits per heavy atom. The average Bonchev–Trinajstić information content (AvgIpc) is 2.71. The number of carbonyl (C=O) groups excluding carboxylic acids is 2. The van der Waals surface area contributed by atoms with Gasteiger partial charge in [-0.15, -0.1) is 0 Å². The second-order valence-corrected chi connectivity index (χ2v) is 5.28. The quantitative estimate of drug-likeness (QED) is 0.811. The smallest absolute Gasteiger partial charge is 0.264 e. The van der Waals surface area contributed by atoms with Gasteiger partial charge < -0.3 is 4.74 Å². The van der Waals surface area contributed by atoms with Gasteiger partial charge in [0, 0.05) is 5.02 Å². The zero-order chi connectivity index (χ0) is 15.0. The van der Waals surface area contributed by atoms with Crippen molar-refractivity contribution in [3.8, 4) is 5.75 Å². The largest absolute Gasteiger partial charge is 0.471 e. The summed E-state index contributed by atoms with van der Waals surface area (Å²) in [5.41, 5.74) is 0.765. The lowest BCUT2D eigenvalue weighted by Gasteiger charge is -2.15. The summed E-state index contributed by atoms with van der Waals surface area (Å²) in [4.78, 5) is 25.3. The molecular formula is C15H9Cl2NO3. The maximum atomic E-state index is 12.1. The van der Waals surface area contributed by atoms with E-state index in [1.54, 1.807) is 36.4 Å². The third-order valence-corrected chi connectivity index (χ3v) is 3.65. The summed E-state index contributed by atoms with van der Waals surface area (Å²) in [6.45, 7) is -0.201. The molecule has 0 fully saturated rings. The van der Waals surface area contributed by atoms with E-state index >= 15 is 0 Å². The van der Waals surface area contributed by atoms with Crippen molar-refractivity contribution >= 4 is 35.0 Å². The normalized spacial score (nSPS) is 13.5. The third kappa shape index (κ3) is 2.48. The van der Waals surface area contributed by atoms with Crippen molar-refractivity contribution in [2.24, 2.45) is 0 Å². The molecule has 0 spiro atoms. The van der Waals surface area contributed by atoms with Crippen LogP contribution in [0.25, 0.3) is 0 Å². The first-order chi connectivity index (χ1) is 10.1. The molecule has 106 valence electrons. The van der Waals surface area contributed by atoms with E-state index in [-0.39, 0.29) is 18.5 Å². The molecule has 21 heavy (non-hydrogen) atoms. The highest BCUT2D eigenvalue weighted by Crippen LogP contribution is 2.28. The molecule has 1 aliphatic rings. The van der Waals surface area contributed by atoms with Crippen molar-refractivity contribution in [2.45, 2.75) is 0 Å². The lowest BCUT2D eigenvalue weighted by atomic mass is 10.1. The number of imide groups is 1. The van der Waals surface area contributed by atoms with Crippen LogP contribution in [0.3, 0.4) is 0 Å². The van der Waals surface area contributed by atoms with Crippen LogP contribution in [0.15, 0.2) is 42.5 Å². The maximum Gasteiger partial charge on any atom is 0.264 e. The van der Waals surface area contributed by atoms with E-state index < -0.39 is 0 Å². The summed E-state index contributed by atoms with van der Waals surface area (Å²) in [7, 11) is 0. The Kier molecular flexibility index (Phi) is 3.57. The minimum absolute atomic E-state index is 0.201. The number of halogens is 2. The molecule has 0 bridgehead atoms. The molecule has 0 unspecified atom stereocenters. The maximum absolute atomic E-state index is 12.1. The van der Waals surface area contributed by atoms with Crippen molar-refractivity contribution < 1.29 is 14.3 Å². The Balaban J connectivity index is 1.78. The van der Waals surface area contributed by atoms with Crippen LogP contribution in [0.2, 0.25) is 10.0 Å². The van der Waals surface area contributed by atoms with Gasteiger partial charge in [-0.05, 0) is 30.3 Å². The van der Waals surface area contributed by atoms with Crippen LogP contribution in [0, 0.1) is 0 Å². The molecule has 1 heterocycles. The fourth-order valence-electron chi connectivity index (χ4n) is 2.08. The molecule has 0 N–H and O–H groups in total. The van der Waals surface area contributed by atoms with Gasteiger partial charge in [-0.1, -0.05) is 35.3 Å². The topological polar surface area (TPSA) is 46.6 Å². The summed E-state index contributed by atoms with van der Waals surface area (Å²) < 4.78 is 5.44. The van der Waals surface area contributed by atoms with E-state index in [4.69, 9.17) is 27.9 Å². The van der Waals surface area contributed by atoms with Gasteiger partial charge in [0.15, 0.2) is 6.73 Å². The van der Waals surface area contributed by atoms with Gasteiger partial charge in [-0.3, -0.25) is 9.59 Å². The summed E-state index contributed by atoms with van der Waals surface area (Å²) in [5, 5.41) is 0.798. The summed E-state index contributed by atoms with van der Waals surface area (Å²) in [5.74, 6) is -0.390. The highest BCUT2D eigenvalue weighted by molar-refractivity contribution is 6.35. The number of carbonyl (C=O) groups is 2. The molecule has 2 aromatic rings. The van der Waals surface area contributed by atoms with Gasteiger partial charge in [-0.2, -0.15) is 0 Å². The lowest BCUT2D eigenvalue weighted by Crippen LogP contribution is -2.33. The zero-order valence-corrected chi connectivity index (χ0v) is 12.2. The monoisotopic (exact) mass is 321 g/mol. The van der Waals surface area contributed by atoms with Crippen molar-refractivity contribution in [2.75, 3.05) is 6.73 Å². The fraction of sp³-hybridized carbons (Fsp3) is 0.0667. The second-order valence-electron chi connectivity index (χ2n) is 4.43. The van der Waals surface area contributed by atoms with E-state index in [2.05, 4.69) is 0 Å². The Labute approximate surface area is 130 Å². The molecule has 3 rings (SSSR count). The highest BCUT2D eigenvalue weighted by Gasteiger charge is 2.35. The SMILES string of the molecule is O=C1c2ccccc2C(=O)N1COc1ccc(Cl)cc1Cl. The number of ether oxygens (including phenoxy) is 1. The number of amides is 2. The first-order valence-electron chi connectivity index (χ1n) is 6.11. The number of hydrogen-bond acceptors (Lipinski definition) is 3. The summed E-state index contributed by atoms with van der Waals surface area (Å²) >= 11 is 11.8. The summed E-state index contributed by atoms with van der Waals surface area (Å²) in [6.07, 6.45) is 0. The van der Waals surface area contributed by atoms with Crippen LogP contribution < -0.4 is 4.74 Å². The van der Waals surface area contributed by atoms with E-state index in [9.17, 15) is 9.59 Å². The molecule has 0 aromatic heterocycles. The molecule has 0 saturated carbocycles. The Bertz CT molecular complexity index is 710. The van der Waals surface area contributed by atoms with Crippen LogP contribution in [0.5, 0.6) is 5.75 Å². The average molecular weight is 322 g/mol. The molecule has 6 heteroatoms. The summed E-state index contributed by atoms with van der Waals surface area (Å²) in [6, 6.07) is 11.4. The standard InChI is InChI=1S/C15H9Cl2NO3/c16-9-5-6-13(12(17)7-9)21-8-18-14(19)10-3-1-2-4-11(10)15(18)20/h1-7H,8H2. The van der Waals surface area contributed by atoms with Crippen LogP contribution in [0.1, 0.15) is 20.7 Å². The zero-order valence-electron chi connectivity index (χ0n) is 10.7. The van der Waals surface area contributed by atoms with Crippen molar-refractivity contribution in [3.05, 3.63) is 63.6 Å². The van der Waals surface area contributed by atoms with E-state index in [1.807, 2.05) is 0 Å². The van der Waals surface area contributed by atoms with Crippen molar-refractivity contribution in [3.63, 3.8) is 0 Å². The fourth-order valence-corrected chi connectivity index (χ4v) is 2.55. The van der Waals surface area contributed by atoms with Gasteiger partial charge in [0.25, 0.3) is 11.8 Å². The van der Waals surface area contributed by atoms with Crippen LogP contribution >= 0.6 is 23.2 Å². The van der Waals surface area contributed by atoms with Gasteiger partial charge in [0.1, 0.15) is 5.75 Å². The van der Waals surface area contributed by atoms with Gasteiger partial charge in [-0.25, -0.2) is 4.90 Å². The molecule has 2 amide bonds. The molecule has 0 atom stereocenters. The van der Waals surface area contributed by atoms with Crippen LogP contribution in [0.4, 0.5) is 0 Å². The second kappa shape index (κ2) is 5.39. The third-order valence-electron chi connectivity index (χ3n) is 3.12. The molecule has 0 aliphatic carbocycles. The van der Waals surface area contributed by atoms with Crippen LogP contribution in [-0.4, -0.2) is 23.4 Å². The number of hydrogen-bond donors (Lipinski definition) is 0. The van der Waals surface area contributed by atoms with Crippen molar-refractivity contribution in [1.29, 1.82) is 0 Å². The molecule has 0 radical (unpaired) electrons. The number of benzene rings is 2.